The monoisotopic (exact) mass is 459 g/mol. The minimum absolute atomic E-state index is 0.0423. The van der Waals surface area contributed by atoms with Gasteiger partial charge in [0, 0.05) is 18.7 Å². The van der Waals surface area contributed by atoms with Crippen LogP contribution in [0.15, 0.2) is 48.0 Å². The highest BCUT2D eigenvalue weighted by atomic mass is 35.5. The van der Waals surface area contributed by atoms with Gasteiger partial charge in [-0.3, -0.25) is 9.59 Å². The average molecular weight is 460 g/mol. The van der Waals surface area contributed by atoms with E-state index >= 15 is 0 Å². The molecule has 2 aromatic carbocycles. The number of Topliss-reactive ketones (excluding diaryl/α,β-unsaturated/α-hetero) is 1. The molecular formula is C24H26ClNO6. The van der Waals surface area contributed by atoms with Crippen molar-refractivity contribution in [2.75, 3.05) is 34.0 Å². The van der Waals surface area contributed by atoms with Crippen molar-refractivity contribution in [2.24, 2.45) is 0 Å². The Kier molecular flexibility index (Phi) is 7.77. The van der Waals surface area contributed by atoms with Crippen LogP contribution in [0.5, 0.6) is 11.5 Å². The maximum atomic E-state index is 13.1. The first-order chi connectivity index (χ1) is 15.4. The summed E-state index contributed by atoms with van der Waals surface area (Å²) >= 11 is 6.12. The molecule has 1 amide bonds. The number of nitrogens with zero attached hydrogens (tertiary/aromatic N) is 1. The molecule has 0 radical (unpaired) electrons. The van der Waals surface area contributed by atoms with E-state index in [0.29, 0.717) is 28.7 Å². The summed E-state index contributed by atoms with van der Waals surface area (Å²) in [6.07, 6.45) is 0.838. The van der Waals surface area contributed by atoms with E-state index in [9.17, 15) is 14.7 Å². The van der Waals surface area contributed by atoms with Crippen LogP contribution >= 0.6 is 11.6 Å². The summed E-state index contributed by atoms with van der Waals surface area (Å²) in [5, 5.41) is 11.6. The van der Waals surface area contributed by atoms with Gasteiger partial charge in [-0.15, -0.1) is 0 Å². The van der Waals surface area contributed by atoms with Crippen molar-refractivity contribution < 1.29 is 28.9 Å². The fourth-order valence-corrected chi connectivity index (χ4v) is 3.82. The van der Waals surface area contributed by atoms with Crippen molar-refractivity contribution in [3.8, 4) is 11.5 Å². The topological polar surface area (TPSA) is 85.3 Å². The summed E-state index contributed by atoms with van der Waals surface area (Å²) < 4.78 is 16.2. The van der Waals surface area contributed by atoms with E-state index in [4.69, 9.17) is 25.8 Å². The van der Waals surface area contributed by atoms with Crippen LogP contribution in [0.25, 0.3) is 5.76 Å². The van der Waals surface area contributed by atoms with Crippen molar-refractivity contribution in [3.63, 3.8) is 0 Å². The molecule has 1 saturated heterocycles. The number of aliphatic hydroxyl groups is 1. The van der Waals surface area contributed by atoms with E-state index in [1.54, 1.807) is 36.4 Å². The molecule has 2 aromatic rings. The quantitative estimate of drug-likeness (QED) is 0.343. The number of hydrogen-bond acceptors (Lipinski definition) is 6. The van der Waals surface area contributed by atoms with Gasteiger partial charge in [0.25, 0.3) is 11.7 Å². The van der Waals surface area contributed by atoms with Crippen molar-refractivity contribution >= 4 is 29.1 Å². The SMILES string of the molecule is CCCOc1cccc(C2/C(=C(\O)c3cc(Cl)ccc3OC)C(=O)C(=O)N2CCOC)c1. The Morgan fingerprint density at radius 1 is 1.12 bits per heavy atom. The van der Waals surface area contributed by atoms with Gasteiger partial charge in [-0.1, -0.05) is 30.7 Å². The second kappa shape index (κ2) is 10.5. The molecule has 7 nitrogen and oxygen atoms in total. The zero-order chi connectivity index (χ0) is 23.3. The molecule has 8 heteroatoms. The number of carbonyl (C=O) groups excluding carboxylic acids is 2. The predicted molar refractivity (Wildman–Crippen MR) is 121 cm³/mol. The van der Waals surface area contributed by atoms with E-state index < -0.39 is 17.7 Å². The fourth-order valence-electron chi connectivity index (χ4n) is 3.65. The van der Waals surface area contributed by atoms with Crippen LogP contribution < -0.4 is 9.47 Å². The van der Waals surface area contributed by atoms with Gasteiger partial charge in [-0.05, 0) is 42.3 Å². The third-order valence-electron chi connectivity index (χ3n) is 5.14. The molecule has 0 aromatic heterocycles. The van der Waals surface area contributed by atoms with Crippen LogP contribution in [0.4, 0.5) is 0 Å². The van der Waals surface area contributed by atoms with Crippen LogP contribution in [-0.2, 0) is 14.3 Å². The molecule has 1 atom stereocenters. The summed E-state index contributed by atoms with van der Waals surface area (Å²) in [7, 11) is 2.96. The summed E-state index contributed by atoms with van der Waals surface area (Å²) in [5.41, 5.74) is 0.823. The maximum absolute atomic E-state index is 13.1. The maximum Gasteiger partial charge on any atom is 0.295 e. The zero-order valence-corrected chi connectivity index (χ0v) is 19.0. The highest BCUT2D eigenvalue weighted by Gasteiger charge is 2.46. The largest absolute Gasteiger partial charge is 0.507 e. The number of aliphatic hydroxyl groups excluding tert-OH is 1. The van der Waals surface area contributed by atoms with Gasteiger partial charge in [-0.25, -0.2) is 0 Å². The number of halogens is 1. The summed E-state index contributed by atoms with van der Waals surface area (Å²) in [6, 6.07) is 11.0. The molecule has 0 aliphatic carbocycles. The van der Waals surface area contributed by atoms with E-state index in [1.165, 1.54) is 25.2 Å². The molecule has 1 N–H and O–H groups in total. The first-order valence-electron chi connectivity index (χ1n) is 10.3. The Hall–Kier alpha value is -3.03. The van der Waals surface area contributed by atoms with Crippen LogP contribution in [-0.4, -0.2) is 55.7 Å². The number of ketones is 1. The molecule has 1 unspecified atom stereocenters. The fraction of sp³-hybridized carbons (Fsp3) is 0.333. The van der Waals surface area contributed by atoms with Crippen LogP contribution in [0, 0.1) is 0 Å². The number of hydrogen-bond donors (Lipinski definition) is 1. The van der Waals surface area contributed by atoms with Crippen LogP contribution in [0.1, 0.15) is 30.5 Å². The molecule has 0 saturated carbocycles. The standard InChI is InChI=1S/C24H26ClNO6/c1-4-11-32-17-7-5-6-15(13-17)21-20(23(28)24(29)26(21)10-12-30-2)22(27)18-14-16(25)8-9-19(18)31-3/h5-9,13-14,21,27H,4,10-12H2,1-3H3/b22-20+. The smallest absolute Gasteiger partial charge is 0.295 e. The number of amides is 1. The molecule has 170 valence electrons. The second-order valence-electron chi connectivity index (χ2n) is 7.25. The highest BCUT2D eigenvalue weighted by molar-refractivity contribution is 6.46. The van der Waals surface area contributed by atoms with Gasteiger partial charge in [-0.2, -0.15) is 0 Å². The molecule has 1 aliphatic heterocycles. The second-order valence-corrected chi connectivity index (χ2v) is 7.69. The van der Waals surface area contributed by atoms with Crippen molar-refractivity contribution in [1.82, 2.24) is 4.90 Å². The number of methoxy groups -OCH3 is 2. The Balaban J connectivity index is 2.19. The first kappa shape index (κ1) is 23.6. The summed E-state index contributed by atoms with van der Waals surface area (Å²) in [6.45, 7) is 2.94. The van der Waals surface area contributed by atoms with Gasteiger partial charge in [0.2, 0.25) is 0 Å². The molecule has 1 fully saturated rings. The molecule has 1 aliphatic rings. The van der Waals surface area contributed by atoms with Crippen molar-refractivity contribution in [1.29, 1.82) is 0 Å². The van der Waals surface area contributed by atoms with E-state index in [0.717, 1.165) is 6.42 Å². The lowest BCUT2D eigenvalue weighted by Crippen LogP contribution is -2.32. The van der Waals surface area contributed by atoms with Gasteiger partial charge in [0.1, 0.15) is 17.3 Å². The van der Waals surface area contributed by atoms with Crippen LogP contribution in [0.2, 0.25) is 5.02 Å². The minimum atomic E-state index is -0.820. The lowest BCUT2D eigenvalue weighted by atomic mass is 9.95. The highest BCUT2D eigenvalue weighted by Crippen LogP contribution is 2.41. The Morgan fingerprint density at radius 3 is 2.59 bits per heavy atom. The Morgan fingerprint density at radius 2 is 1.91 bits per heavy atom. The zero-order valence-electron chi connectivity index (χ0n) is 18.3. The summed E-state index contributed by atoms with van der Waals surface area (Å²) in [5.74, 6) is -0.914. The predicted octanol–water partition coefficient (Wildman–Crippen LogP) is 4.21. The third kappa shape index (κ3) is 4.74. The normalized spacial score (nSPS) is 17.6. The van der Waals surface area contributed by atoms with Crippen LogP contribution in [0.3, 0.4) is 0 Å². The third-order valence-corrected chi connectivity index (χ3v) is 5.37. The number of benzene rings is 2. The van der Waals surface area contributed by atoms with E-state index in [1.807, 2.05) is 6.92 Å². The lowest BCUT2D eigenvalue weighted by Gasteiger charge is -2.25. The minimum Gasteiger partial charge on any atom is -0.507 e. The molecule has 1 heterocycles. The molecule has 0 bridgehead atoms. The van der Waals surface area contributed by atoms with Gasteiger partial charge < -0.3 is 24.2 Å². The Labute approximate surface area is 192 Å². The number of ether oxygens (including phenoxy) is 3. The van der Waals surface area contributed by atoms with Gasteiger partial charge in [0.05, 0.1) is 37.5 Å². The van der Waals surface area contributed by atoms with Crippen molar-refractivity contribution in [3.05, 3.63) is 64.2 Å². The van der Waals surface area contributed by atoms with E-state index in [-0.39, 0.29) is 30.0 Å². The number of rotatable bonds is 9. The summed E-state index contributed by atoms with van der Waals surface area (Å²) in [4.78, 5) is 27.4. The Bertz CT molecular complexity index is 1030. The van der Waals surface area contributed by atoms with Gasteiger partial charge in [0.15, 0.2) is 0 Å². The van der Waals surface area contributed by atoms with E-state index in [2.05, 4.69) is 0 Å². The lowest BCUT2D eigenvalue weighted by molar-refractivity contribution is -0.140. The average Bonchev–Trinajstić information content (AvgIpc) is 3.05. The van der Waals surface area contributed by atoms with Gasteiger partial charge >= 0.3 is 0 Å². The molecule has 0 spiro atoms. The molecule has 32 heavy (non-hydrogen) atoms. The first-order valence-corrected chi connectivity index (χ1v) is 10.6. The number of likely N-dealkylation sites (tertiary alicyclic amines) is 1. The number of carbonyl (C=O) groups is 2. The van der Waals surface area contributed by atoms with Crippen molar-refractivity contribution in [2.45, 2.75) is 19.4 Å². The molecular weight excluding hydrogens is 434 g/mol. The molecule has 3 rings (SSSR count).